The summed E-state index contributed by atoms with van der Waals surface area (Å²) < 4.78 is 0. The summed E-state index contributed by atoms with van der Waals surface area (Å²) in [7, 11) is 0. The average molecular weight is 319 g/mol. The van der Waals surface area contributed by atoms with Gasteiger partial charge in [-0.3, -0.25) is 10.1 Å². The van der Waals surface area contributed by atoms with Gasteiger partial charge in [0.05, 0.1) is 22.2 Å². The zero-order valence-electron chi connectivity index (χ0n) is 11.9. The van der Waals surface area contributed by atoms with Crippen molar-refractivity contribution in [3.05, 3.63) is 58.1 Å². The van der Waals surface area contributed by atoms with Crippen LogP contribution in [0.4, 0.5) is 22.7 Å². The van der Waals surface area contributed by atoms with E-state index in [2.05, 4.69) is 10.3 Å². The monoisotopic (exact) mass is 318 g/mol. The summed E-state index contributed by atoms with van der Waals surface area (Å²) in [6, 6.07) is 12.1. The van der Waals surface area contributed by atoms with Gasteiger partial charge in [-0.2, -0.15) is 0 Å². The van der Waals surface area contributed by atoms with Crippen molar-refractivity contribution in [1.29, 1.82) is 0 Å². The number of alkyl halides is 1. The van der Waals surface area contributed by atoms with Gasteiger partial charge >= 0.3 is 0 Å². The second-order valence-corrected chi connectivity index (χ2v) is 4.96. The maximum Gasteiger partial charge on any atom is 0.271 e. The summed E-state index contributed by atoms with van der Waals surface area (Å²) in [5.41, 5.74) is 8.51. The number of nitro benzene ring substituents is 1. The highest BCUT2D eigenvalue weighted by molar-refractivity contribution is 6.28. The Hall–Kier alpha value is -2.60. The van der Waals surface area contributed by atoms with Crippen LogP contribution in [0.15, 0.2) is 47.5 Å². The highest BCUT2D eigenvalue weighted by Gasteiger charge is 2.11. The fourth-order valence-electron chi connectivity index (χ4n) is 1.89. The number of hydrogen-bond donors (Lipinski definition) is 2. The van der Waals surface area contributed by atoms with Crippen LogP contribution in [0.3, 0.4) is 0 Å². The number of halogens is 1. The van der Waals surface area contributed by atoms with Gasteiger partial charge < -0.3 is 11.1 Å². The van der Waals surface area contributed by atoms with Crippen LogP contribution in [0, 0.1) is 17.0 Å². The lowest BCUT2D eigenvalue weighted by Crippen LogP contribution is -2.12. The highest BCUT2D eigenvalue weighted by atomic mass is 35.5. The molecule has 0 spiro atoms. The van der Waals surface area contributed by atoms with Crippen LogP contribution in [-0.2, 0) is 0 Å². The number of aliphatic imine (C=N–C) groups is 1. The van der Waals surface area contributed by atoms with Crippen LogP contribution in [0.2, 0.25) is 0 Å². The molecule has 0 aliphatic carbocycles. The number of non-ortho nitro benzene ring substituents is 1. The number of nitro groups is 1. The number of amidine groups is 1. The lowest BCUT2D eigenvalue weighted by molar-refractivity contribution is -0.384. The van der Waals surface area contributed by atoms with E-state index in [0.717, 1.165) is 11.3 Å². The SMILES string of the molecule is Cc1cccc(Nc2ccc([N+](=O)[O-])cc2N=C(N)CCl)c1. The van der Waals surface area contributed by atoms with E-state index in [1.165, 1.54) is 12.1 Å². The zero-order valence-corrected chi connectivity index (χ0v) is 12.7. The van der Waals surface area contributed by atoms with Crippen molar-refractivity contribution in [3.63, 3.8) is 0 Å². The molecule has 0 aliphatic rings. The van der Waals surface area contributed by atoms with Crippen LogP contribution in [0.5, 0.6) is 0 Å². The van der Waals surface area contributed by atoms with Crippen molar-refractivity contribution < 1.29 is 4.92 Å². The topological polar surface area (TPSA) is 93.5 Å². The molecule has 0 fully saturated rings. The van der Waals surface area contributed by atoms with Gasteiger partial charge in [0, 0.05) is 17.8 Å². The molecule has 0 amide bonds. The van der Waals surface area contributed by atoms with Gasteiger partial charge in [0.15, 0.2) is 0 Å². The van der Waals surface area contributed by atoms with Crippen LogP contribution in [-0.4, -0.2) is 16.6 Å². The molecule has 0 bridgehead atoms. The first kappa shape index (κ1) is 15.8. The molecule has 2 rings (SSSR count). The Labute approximate surface area is 132 Å². The predicted molar refractivity (Wildman–Crippen MR) is 89.6 cm³/mol. The minimum atomic E-state index is -0.480. The van der Waals surface area contributed by atoms with Crippen LogP contribution in [0.25, 0.3) is 0 Å². The van der Waals surface area contributed by atoms with E-state index in [4.69, 9.17) is 17.3 Å². The molecular weight excluding hydrogens is 304 g/mol. The highest BCUT2D eigenvalue weighted by Crippen LogP contribution is 2.32. The zero-order chi connectivity index (χ0) is 16.1. The summed E-state index contributed by atoms with van der Waals surface area (Å²) in [4.78, 5) is 14.6. The smallest absolute Gasteiger partial charge is 0.271 e. The Morgan fingerprint density at radius 1 is 1.36 bits per heavy atom. The third kappa shape index (κ3) is 3.95. The summed E-state index contributed by atoms with van der Waals surface area (Å²) in [5.74, 6) is 0.238. The Balaban J connectivity index is 2.43. The molecule has 0 atom stereocenters. The number of nitrogens with one attached hydrogen (secondary N) is 1. The van der Waals surface area contributed by atoms with Crippen LogP contribution >= 0.6 is 11.6 Å². The molecule has 2 aromatic rings. The molecule has 0 heterocycles. The van der Waals surface area contributed by atoms with Crippen molar-refractivity contribution >= 4 is 40.2 Å². The van der Waals surface area contributed by atoms with Gasteiger partial charge in [0.1, 0.15) is 5.84 Å². The summed E-state index contributed by atoms with van der Waals surface area (Å²) >= 11 is 5.63. The molecule has 0 saturated heterocycles. The predicted octanol–water partition coefficient (Wildman–Crippen LogP) is 3.87. The minimum absolute atomic E-state index is 0.0482. The van der Waals surface area contributed by atoms with Gasteiger partial charge in [-0.1, -0.05) is 12.1 Å². The van der Waals surface area contributed by atoms with Crippen molar-refractivity contribution in [2.75, 3.05) is 11.2 Å². The molecule has 22 heavy (non-hydrogen) atoms. The van der Waals surface area contributed by atoms with E-state index < -0.39 is 4.92 Å². The lowest BCUT2D eigenvalue weighted by Gasteiger charge is -2.10. The average Bonchev–Trinajstić information content (AvgIpc) is 2.48. The van der Waals surface area contributed by atoms with E-state index in [0.29, 0.717) is 11.4 Å². The van der Waals surface area contributed by atoms with Gasteiger partial charge in [0.25, 0.3) is 5.69 Å². The third-order valence-electron chi connectivity index (χ3n) is 2.89. The number of nitrogens with zero attached hydrogens (tertiary/aromatic N) is 2. The largest absolute Gasteiger partial charge is 0.386 e. The molecule has 2 aromatic carbocycles. The first-order valence-corrected chi connectivity index (χ1v) is 7.04. The molecule has 3 N–H and O–H groups in total. The minimum Gasteiger partial charge on any atom is -0.386 e. The molecule has 0 aliphatic heterocycles. The van der Waals surface area contributed by atoms with Gasteiger partial charge in [0.2, 0.25) is 0 Å². The number of rotatable bonds is 5. The molecule has 0 aromatic heterocycles. The lowest BCUT2D eigenvalue weighted by atomic mass is 10.2. The number of anilines is 2. The van der Waals surface area contributed by atoms with Crippen LogP contribution in [0.1, 0.15) is 5.56 Å². The second kappa shape index (κ2) is 6.91. The standard InChI is InChI=1S/C15H15ClN4O2/c1-10-3-2-4-11(7-10)18-13-6-5-12(20(21)22)8-14(13)19-15(17)9-16/h2-8,18H,9H2,1H3,(H2,17,19). The van der Waals surface area contributed by atoms with Crippen molar-refractivity contribution in [3.8, 4) is 0 Å². The maximum absolute atomic E-state index is 10.9. The summed E-state index contributed by atoms with van der Waals surface area (Å²) in [6.45, 7) is 1.98. The number of aryl methyl sites for hydroxylation is 1. The van der Waals surface area contributed by atoms with E-state index in [9.17, 15) is 10.1 Å². The van der Waals surface area contributed by atoms with Crippen molar-refractivity contribution in [1.82, 2.24) is 0 Å². The van der Waals surface area contributed by atoms with E-state index in [-0.39, 0.29) is 17.4 Å². The van der Waals surface area contributed by atoms with E-state index >= 15 is 0 Å². The Morgan fingerprint density at radius 3 is 2.77 bits per heavy atom. The fraction of sp³-hybridized carbons (Fsp3) is 0.133. The Morgan fingerprint density at radius 2 is 2.14 bits per heavy atom. The van der Waals surface area contributed by atoms with Crippen molar-refractivity contribution in [2.45, 2.75) is 6.92 Å². The summed E-state index contributed by atoms with van der Waals surface area (Å²) in [5, 5.41) is 14.1. The Bertz CT molecular complexity index is 731. The quantitative estimate of drug-likeness (QED) is 0.287. The number of benzene rings is 2. The van der Waals surface area contributed by atoms with E-state index in [1.54, 1.807) is 6.07 Å². The number of hydrogen-bond acceptors (Lipinski definition) is 4. The molecule has 6 nitrogen and oxygen atoms in total. The first-order chi connectivity index (χ1) is 10.5. The van der Waals surface area contributed by atoms with Gasteiger partial charge in [-0.15, -0.1) is 11.6 Å². The molecular formula is C15H15ClN4O2. The Kier molecular flexibility index (Phi) is 4.95. The molecule has 0 unspecified atom stereocenters. The van der Waals surface area contributed by atoms with Crippen molar-refractivity contribution in [2.24, 2.45) is 10.7 Å². The van der Waals surface area contributed by atoms with E-state index in [1.807, 2.05) is 31.2 Å². The third-order valence-corrected chi connectivity index (χ3v) is 3.16. The molecule has 0 saturated carbocycles. The first-order valence-electron chi connectivity index (χ1n) is 6.50. The molecule has 0 radical (unpaired) electrons. The van der Waals surface area contributed by atoms with Gasteiger partial charge in [-0.05, 0) is 30.7 Å². The molecule has 114 valence electrons. The van der Waals surface area contributed by atoms with Crippen LogP contribution < -0.4 is 11.1 Å². The summed E-state index contributed by atoms with van der Waals surface area (Å²) in [6.07, 6.45) is 0. The van der Waals surface area contributed by atoms with Gasteiger partial charge in [-0.25, -0.2) is 4.99 Å². The fourth-order valence-corrected chi connectivity index (χ4v) is 1.95. The molecule has 7 heteroatoms. The normalized spacial score (nSPS) is 11.3. The maximum atomic E-state index is 10.9. The number of nitrogens with two attached hydrogens (primary N) is 1. The second-order valence-electron chi connectivity index (χ2n) is 4.69.